The Hall–Kier alpha value is -0.970. The lowest BCUT2D eigenvalue weighted by Gasteiger charge is -2.18. The smallest absolute Gasteiger partial charge is 0.165 e. The fraction of sp³-hybridized carbons (Fsp3) is 0.455. The molecular formula is C11H13IN4O3. The molecule has 0 spiro atoms. The van der Waals surface area contributed by atoms with E-state index in [1.165, 1.54) is 6.33 Å². The van der Waals surface area contributed by atoms with Crippen LogP contribution < -0.4 is 5.73 Å². The summed E-state index contributed by atoms with van der Waals surface area (Å²) in [6, 6.07) is 1.83. The second-order valence-corrected chi connectivity index (χ2v) is 5.65. The average molecular weight is 376 g/mol. The molecule has 1 aliphatic heterocycles. The highest BCUT2D eigenvalue weighted by atomic mass is 127. The normalized spacial score (nSPS) is 31.2. The molecule has 7 nitrogen and oxygen atoms in total. The molecule has 4 N–H and O–H groups in total. The Morgan fingerprint density at radius 1 is 1.37 bits per heavy atom. The van der Waals surface area contributed by atoms with Gasteiger partial charge in [-0.2, -0.15) is 0 Å². The van der Waals surface area contributed by atoms with Gasteiger partial charge in [0.2, 0.25) is 0 Å². The maximum absolute atomic E-state index is 10.1. The zero-order valence-corrected chi connectivity index (χ0v) is 12.2. The molecule has 102 valence electrons. The van der Waals surface area contributed by atoms with Crippen LogP contribution in [-0.4, -0.2) is 43.1 Å². The first-order valence-corrected chi connectivity index (χ1v) is 6.87. The Morgan fingerprint density at radius 2 is 2.11 bits per heavy atom. The molecule has 1 aliphatic rings. The van der Waals surface area contributed by atoms with Gasteiger partial charge in [0.25, 0.3) is 0 Å². The number of ether oxygens (including phenoxy) is 1. The zero-order chi connectivity index (χ0) is 13.7. The predicted molar refractivity (Wildman–Crippen MR) is 76.3 cm³/mol. The maximum Gasteiger partial charge on any atom is 0.165 e. The van der Waals surface area contributed by atoms with E-state index in [2.05, 4.69) is 32.6 Å². The number of nitrogens with zero attached hydrogens (tertiary/aromatic N) is 3. The Bertz CT molecular complexity index is 632. The van der Waals surface area contributed by atoms with E-state index < -0.39 is 24.5 Å². The number of rotatable bonds is 1. The molecule has 3 heterocycles. The van der Waals surface area contributed by atoms with Crippen LogP contribution >= 0.6 is 22.6 Å². The van der Waals surface area contributed by atoms with Gasteiger partial charge < -0.3 is 20.7 Å². The average Bonchev–Trinajstić information content (AvgIpc) is 2.83. The summed E-state index contributed by atoms with van der Waals surface area (Å²) in [6.45, 7) is 1.72. The van der Waals surface area contributed by atoms with Crippen molar-refractivity contribution < 1.29 is 14.9 Å². The van der Waals surface area contributed by atoms with Crippen molar-refractivity contribution in [3.05, 3.63) is 16.1 Å². The van der Waals surface area contributed by atoms with Gasteiger partial charge in [-0.05, 0) is 35.6 Å². The van der Waals surface area contributed by atoms with Crippen molar-refractivity contribution in [1.82, 2.24) is 14.5 Å². The van der Waals surface area contributed by atoms with Crippen molar-refractivity contribution in [2.45, 2.75) is 31.5 Å². The largest absolute Gasteiger partial charge is 0.388 e. The van der Waals surface area contributed by atoms with Gasteiger partial charge in [0.05, 0.1) is 15.2 Å². The van der Waals surface area contributed by atoms with E-state index in [0.29, 0.717) is 16.9 Å². The first-order chi connectivity index (χ1) is 9.00. The highest BCUT2D eigenvalue weighted by molar-refractivity contribution is 14.1. The molecule has 0 amide bonds. The number of nitrogens with two attached hydrogens (primary N) is 1. The second kappa shape index (κ2) is 4.54. The van der Waals surface area contributed by atoms with Crippen LogP contribution in [0.15, 0.2) is 12.4 Å². The molecule has 19 heavy (non-hydrogen) atoms. The summed E-state index contributed by atoms with van der Waals surface area (Å²) in [5.41, 5.74) is 6.39. The third-order valence-electron chi connectivity index (χ3n) is 3.35. The number of halogens is 1. The van der Waals surface area contributed by atoms with Crippen LogP contribution in [0.4, 0.5) is 5.82 Å². The number of aliphatic hydroxyl groups excluding tert-OH is 2. The summed E-state index contributed by atoms with van der Waals surface area (Å²) in [7, 11) is 0. The number of fused-ring (bicyclic) bond motifs is 1. The van der Waals surface area contributed by atoms with Crippen LogP contribution in [0.2, 0.25) is 0 Å². The van der Waals surface area contributed by atoms with Gasteiger partial charge in [-0.15, -0.1) is 0 Å². The van der Waals surface area contributed by atoms with E-state index in [9.17, 15) is 10.2 Å². The third-order valence-corrected chi connectivity index (χ3v) is 4.18. The zero-order valence-electron chi connectivity index (χ0n) is 10.1. The molecule has 1 saturated heterocycles. The van der Waals surface area contributed by atoms with Crippen LogP contribution in [0, 0.1) is 3.70 Å². The fourth-order valence-electron chi connectivity index (χ4n) is 2.30. The molecule has 0 aliphatic carbocycles. The van der Waals surface area contributed by atoms with Crippen LogP contribution in [0.3, 0.4) is 0 Å². The summed E-state index contributed by atoms with van der Waals surface area (Å²) in [6.07, 6.45) is -1.67. The van der Waals surface area contributed by atoms with E-state index in [1.54, 1.807) is 11.5 Å². The minimum atomic E-state index is -1.00. The maximum atomic E-state index is 10.1. The molecule has 0 radical (unpaired) electrons. The number of aliphatic hydroxyl groups is 2. The SMILES string of the molecule is C[C@H]1O[C@@H](n2c(I)cc3c(N)ncnc32)[C@H](O)[C@H]1O. The monoisotopic (exact) mass is 376 g/mol. The predicted octanol–water partition coefficient (Wildman–Crippen LogP) is 0.257. The van der Waals surface area contributed by atoms with Crippen molar-refractivity contribution in [2.24, 2.45) is 0 Å². The number of nitrogen functional groups attached to an aromatic ring is 1. The first kappa shape index (κ1) is 13.0. The standard InChI is InChI=1S/C11H13IN4O3/c1-4-7(17)8(18)11(19-4)16-6(12)2-5-9(13)14-3-15-10(5)16/h2-4,7-8,11,17-18H,1H3,(H2,13,14,15)/t4-,7+,8-,11-/m1/s1. The van der Waals surface area contributed by atoms with Gasteiger partial charge >= 0.3 is 0 Å². The summed E-state index contributed by atoms with van der Waals surface area (Å²) in [4.78, 5) is 8.12. The van der Waals surface area contributed by atoms with Gasteiger partial charge in [-0.3, -0.25) is 4.57 Å². The molecular weight excluding hydrogens is 363 g/mol. The minimum absolute atomic E-state index is 0.378. The molecule has 1 fully saturated rings. The molecule has 2 aromatic rings. The van der Waals surface area contributed by atoms with E-state index in [0.717, 1.165) is 3.70 Å². The Kier molecular flexibility index (Phi) is 3.12. The van der Waals surface area contributed by atoms with Crippen molar-refractivity contribution in [3.63, 3.8) is 0 Å². The van der Waals surface area contributed by atoms with Gasteiger partial charge in [0.1, 0.15) is 30.0 Å². The summed E-state index contributed by atoms with van der Waals surface area (Å²) >= 11 is 2.11. The molecule has 0 aromatic carbocycles. The summed E-state index contributed by atoms with van der Waals surface area (Å²) < 4.78 is 8.15. The number of aromatic nitrogens is 3. The lowest BCUT2D eigenvalue weighted by Crippen LogP contribution is -2.30. The topological polar surface area (TPSA) is 106 Å². The van der Waals surface area contributed by atoms with E-state index in [1.807, 2.05) is 6.07 Å². The van der Waals surface area contributed by atoms with Crippen molar-refractivity contribution in [3.8, 4) is 0 Å². The van der Waals surface area contributed by atoms with Crippen molar-refractivity contribution in [1.29, 1.82) is 0 Å². The fourth-order valence-corrected chi connectivity index (χ4v) is 3.12. The van der Waals surface area contributed by atoms with Crippen molar-refractivity contribution in [2.75, 3.05) is 5.73 Å². The van der Waals surface area contributed by atoms with Gasteiger partial charge in [-0.25, -0.2) is 9.97 Å². The van der Waals surface area contributed by atoms with Crippen LogP contribution in [0.25, 0.3) is 11.0 Å². The molecule has 0 bridgehead atoms. The quantitative estimate of drug-likeness (QED) is 0.617. The molecule has 4 atom stereocenters. The Labute approximate surface area is 122 Å². The van der Waals surface area contributed by atoms with Crippen LogP contribution in [0.5, 0.6) is 0 Å². The summed E-state index contributed by atoms with van der Waals surface area (Å²) in [5, 5.41) is 20.6. The molecule has 0 unspecified atom stereocenters. The molecule has 8 heteroatoms. The van der Waals surface area contributed by atoms with E-state index in [4.69, 9.17) is 10.5 Å². The molecule has 0 saturated carbocycles. The molecule has 2 aromatic heterocycles. The summed E-state index contributed by atoms with van der Waals surface area (Å²) in [5.74, 6) is 0.378. The number of anilines is 1. The molecule has 3 rings (SSSR count). The van der Waals surface area contributed by atoms with E-state index >= 15 is 0 Å². The van der Waals surface area contributed by atoms with Crippen molar-refractivity contribution >= 4 is 39.4 Å². The highest BCUT2D eigenvalue weighted by Crippen LogP contribution is 2.34. The first-order valence-electron chi connectivity index (χ1n) is 5.79. The lowest BCUT2D eigenvalue weighted by atomic mass is 10.1. The Morgan fingerprint density at radius 3 is 2.74 bits per heavy atom. The lowest BCUT2D eigenvalue weighted by molar-refractivity contribution is -0.0310. The highest BCUT2D eigenvalue weighted by Gasteiger charge is 2.42. The second-order valence-electron chi connectivity index (χ2n) is 4.55. The van der Waals surface area contributed by atoms with Crippen LogP contribution in [-0.2, 0) is 4.74 Å². The van der Waals surface area contributed by atoms with Gasteiger partial charge in [-0.1, -0.05) is 0 Å². The van der Waals surface area contributed by atoms with Gasteiger partial charge in [0, 0.05) is 0 Å². The minimum Gasteiger partial charge on any atom is -0.388 e. The van der Waals surface area contributed by atoms with Crippen LogP contribution in [0.1, 0.15) is 13.2 Å². The Balaban J connectivity index is 2.16. The number of hydrogen-bond donors (Lipinski definition) is 3. The third kappa shape index (κ3) is 1.90. The van der Waals surface area contributed by atoms with E-state index in [-0.39, 0.29) is 0 Å². The van der Waals surface area contributed by atoms with Gasteiger partial charge in [0.15, 0.2) is 6.23 Å². The number of hydrogen-bond acceptors (Lipinski definition) is 6.